The first-order valence-corrected chi connectivity index (χ1v) is 6.63. The van der Waals surface area contributed by atoms with Crippen molar-refractivity contribution in [3.63, 3.8) is 0 Å². The van der Waals surface area contributed by atoms with E-state index in [9.17, 15) is 4.79 Å². The van der Waals surface area contributed by atoms with Crippen LogP contribution in [0.25, 0.3) is 0 Å². The summed E-state index contributed by atoms with van der Waals surface area (Å²) in [4.78, 5) is 11.8. The lowest BCUT2D eigenvalue weighted by Gasteiger charge is -2.21. The summed E-state index contributed by atoms with van der Waals surface area (Å²) in [6, 6.07) is 4.85. The number of amides is 1. The minimum Gasteiger partial charge on any atom is -0.481 e. The molecule has 1 rings (SSSR count). The molecule has 0 fully saturated rings. The van der Waals surface area contributed by atoms with E-state index in [1.807, 2.05) is 13.8 Å². The minimum absolute atomic E-state index is 0.232. The highest BCUT2D eigenvalue weighted by atomic mass is 35.5. The number of rotatable bonds is 5. The van der Waals surface area contributed by atoms with Crippen LogP contribution >= 0.6 is 23.2 Å². The molecule has 0 radical (unpaired) electrons. The zero-order valence-corrected chi connectivity index (χ0v) is 12.7. The molecule has 0 bridgehead atoms. The Kier molecular flexibility index (Phi) is 5.47. The van der Waals surface area contributed by atoms with Crippen molar-refractivity contribution in [2.75, 3.05) is 6.54 Å². The van der Waals surface area contributed by atoms with Crippen LogP contribution in [0.15, 0.2) is 18.2 Å². The van der Waals surface area contributed by atoms with Crippen LogP contribution < -0.4 is 15.8 Å². The number of hydrogen-bond acceptors (Lipinski definition) is 3. The predicted octanol–water partition coefficient (Wildman–Crippen LogP) is 2.61. The third-order valence-corrected chi connectivity index (χ3v) is 3.03. The molecule has 1 aromatic rings. The van der Waals surface area contributed by atoms with Crippen LogP contribution in [0.1, 0.15) is 20.8 Å². The molecule has 106 valence electrons. The van der Waals surface area contributed by atoms with Crippen molar-refractivity contribution in [3.05, 3.63) is 28.2 Å². The van der Waals surface area contributed by atoms with Gasteiger partial charge in [0.15, 0.2) is 6.10 Å². The number of halogens is 2. The Labute approximate surface area is 123 Å². The Bertz CT molecular complexity index is 458. The van der Waals surface area contributed by atoms with Gasteiger partial charge in [0.25, 0.3) is 5.91 Å². The monoisotopic (exact) mass is 304 g/mol. The fraction of sp³-hybridized carbons (Fsp3) is 0.462. The second kappa shape index (κ2) is 6.46. The van der Waals surface area contributed by atoms with Crippen LogP contribution in [0, 0.1) is 0 Å². The Morgan fingerprint density at radius 3 is 2.58 bits per heavy atom. The lowest BCUT2D eigenvalue weighted by molar-refractivity contribution is -0.127. The van der Waals surface area contributed by atoms with Gasteiger partial charge >= 0.3 is 0 Å². The highest BCUT2D eigenvalue weighted by molar-refractivity contribution is 6.42. The summed E-state index contributed by atoms with van der Waals surface area (Å²) in [7, 11) is 0. The van der Waals surface area contributed by atoms with E-state index in [1.54, 1.807) is 25.1 Å². The molecular weight excluding hydrogens is 287 g/mol. The Morgan fingerprint density at radius 2 is 2.05 bits per heavy atom. The molecular formula is C13H18Cl2N2O2. The summed E-state index contributed by atoms with van der Waals surface area (Å²) in [5, 5.41) is 3.55. The molecule has 0 aliphatic carbocycles. The van der Waals surface area contributed by atoms with E-state index in [0.717, 1.165) is 0 Å². The largest absolute Gasteiger partial charge is 0.481 e. The first kappa shape index (κ1) is 16.1. The number of carbonyl (C=O) groups excluding carboxylic acids is 1. The van der Waals surface area contributed by atoms with Crippen LogP contribution in [0.2, 0.25) is 10.0 Å². The fourth-order valence-corrected chi connectivity index (χ4v) is 1.55. The molecule has 1 aromatic carbocycles. The predicted molar refractivity (Wildman–Crippen MR) is 77.8 cm³/mol. The fourth-order valence-electron chi connectivity index (χ4n) is 1.27. The highest BCUT2D eigenvalue weighted by Crippen LogP contribution is 2.26. The molecule has 1 unspecified atom stereocenters. The Hall–Kier alpha value is -0.970. The summed E-state index contributed by atoms with van der Waals surface area (Å²) >= 11 is 11.7. The van der Waals surface area contributed by atoms with E-state index in [4.69, 9.17) is 33.7 Å². The topological polar surface area (TPSA) is 64.3 Å². The summed E-state index contributed by atoms with van der Waals surface area (Å²) in [6.07, 6.45) is -0.639. The van der Waals surface area contributed by atoms with E-state index in [-0.39, 0.29) is 5.91 Å². The number of benzene rings is 1. The first-order valence-electron chi connectivity index (χ1n) is 5.87. The summed E-state index contributed by atoms with van der Waals surface area (Å²) in [6.45, 7) is 5.69. The number of hydrogen-bond donors (Lipinski definition) is 2. The van der Waals surface area contributed by atoms with Gasteiger partial charge in [0, 0.05) is 18.2 Å². The maximum Gasteiger partial charge on any atom is 0.260 e. The second-order valence-corrected chi connectivity index (χ2v) is 5.86. The lowest BCUT2D eigenvalue weighted by atomic mass is 10.1. The van der Waals surface area contributed by atoms with Crippen LogP contribution in [-0.4, -0.2) is 24.1 Å². The standard InChI is InChI=1S/C13H18Cl2N2O2/c1-8(12(18)17-7-13(2,3)16)19-9-4-5-10(14)11(15)6-9/h4-6,8H,7,16H2,1-3H3,(H,17,18). The Balaban J connectivity index is 2.56. The normalized spacial score (nSPS) is 12.9. The highest BCUT2D eigenvalue weighted by Gasteiger charge is 2.18. The molecule has 0 aliphatic rings. The van der Waals surface area contributed by atoms with Crippen molar-refractivity contribution in [1.29, 1.82) is 0 Å². The van der Waals surface area contributed by atoms with Crippen molar-refractivity contribution in [2.45, 2.75) is 32.4 Å². The zero-order valence-electron chi connectivity index (χ0n) is 11.2. The van der Waals surface area contributed by atoms with Crippen LogP contribution in [-0.2, 0) is 4.79 Å². The van der Waals surface area contributed by atoms with Crippen LogP contribution in [0.4, 0.5) is 0 Å². The molecule has 4 nitrogen and oxygen atoms in total. The van der Waals surface area contributed by atoms with Crippen molar-refractivity contribution in [1.82, 2.24) is 5.32 Å². The zero-order chi connectivity index (χ0) is 14.6. The van der Waals surface area contributed by atoms with E-state index in [0.29, 0.717) is 22.3 Å². The number of nitrogens with two attached hydrogens (primary N) is 1. The van der Waals surface area contributed by atoms with E-state index < -0.39 is 11.6 Å². The van der Waals surface area contributed by atoms with Gasteiger partial charge in [-0.2, -0.15) is 0 Å². The Morgan fingerprint density at radius 1 is 1.42 bits per heavy atom. The average Bonchev–Trinajstić information content (AvgIpc) is 2.29. The van der Waals surface area contributed by atoms with Gasteiger partial charge in [0.05, 0.1) is 10.0 Å². The lowest BCUT2D eigenvalue weighted by Crippen LogP contribution is -2.48. The van der Waals surface area contributed by atoms with Crippen LogP contribution in [0.3, 0.4) is 0 Å². The first-order chi connectivity index (χ1) is 8.69. The van der Waals surface area contributed by atoms with Gasteiger partial charge < -0.3 is 15.8 Å². The molecule has 3 N–H and O–H groups in total. The van der Waals surface area contributed by atoms with Gasteiger partial charge in [-0.25, -0.2) is 0 Å². The summed E-state index contributed by atoms with van der Waals surface area (Å²) in [5.74, 6) is 0.258. The number of carbonyl (C=O) groups is 1. The van der Waals surface area contributed by atoms with Gasteiger partial charge in [-0.15, -0.1) is 0 Å². The summed E-state index contributed by atoms with van der Waals surface area (Å²) < 4.78 is 5.48. The molecule has 0 saturated carbocycles. The molecule has 0 heterocycles. The molecule has 1 atom stereocenters. The molecule has 0 aromatic heterocycles. The molecule has 1 amide bonds. The van der Waals surface area contributed by atoms with Crippen LogP contribution in [0.5, 0.6) is 5.75 Å². The van der Waals surface area contributed by atoms with Crippen molar-refractivity contribution >= 4 is 29.1 Å². The maximum atomic E-state index is 11.8. The molecule has 0 saturated heterocycles. The molecule has 0 aliphatic heterocycles. The van der Waals surface area contributed by atoms with Crippen molar-refractivity contribution in [2.24, 2.45) is 5.73 Å². The molecule has 19 heavy (non-hydrogen) atoms. The van der Waals surface area contributed by atoms with E-state index in [1.165, 1.54) is 0 Å². The molecule has 6 heteroatoms. The van der Waals surface area contributed by atoms with Crippen molar-refractivity contribution in [3.8, 4) is 5.75 Å². The van der Waals surface area contributed by atoms with Gasteiger partial charge in [-0.3, -0.25) is 4.79 Å². The second-order valence-electron chi connectivity index (χ2n) is 5.04. The minimum atomic E-state index is -0.639. The van der Waals surface area contributed by atoms with Gasteiger partial charge in [0.2, 0.25) is 0 Å². The molecule has 0 spiro atoms. The van der Waals surface area contributed by atoms with E-state index in [2.05, 4.69) is 5.32 Å². The SMILES string of the molecule is CC(Oc1ccc(Cl)c(Cl)c1)C(=O)NCC(C)(C)N. The summed E-state index contributed by atoms with van der Waals surface area (Å²) in [5.41, 5.74) is 5.33. The van der Waals surface area contributed by atoms with Gasteiger partial charge in [0.1, 0.15) is 5.75 Å². The maximum absolute atomic E-state index is 11.8. The smallest absolute Gasteiger partial charge is 0.260 e. The third kappa shape index (κ3) is 5.68. The van der Waals surface area contributed by atoms with Crippen molar-refractivity contribution < 1.29 is 9.53 Å². The number of ether oxygens (including phenoxy) is 1. The van der Waals surface area contributed by atoms with Gasteiger partial charge in [-0.1, -0.05) is 23.2 Å². The van der Waals surface area contributed by atoms with Gasteiger partial charge in [-0.05, 0) is 32.9 Å². The number of nitrogens with one attached hydrogen (secondary N) is 1. The average molecular weight is 305 g/mol. The van der Waals surface area contributed by atoms with E-state index >= 15 is 0 Å². The third-order valence-electron chi connectivity index (χ3n) is 2.29. The quantitative estimate of drug-likeness (QED) is 0.879.